The lowest BCUT2D eigenvalue weighted by atomic mass is 9.93. The normalized spacial score (nSPS) is 18.2. The van der Waals surface area contributed by atoms with Gasteiger partial charge in [0.15, 0.2) is 5.96 Å². The van der Waals surface area contributed by atoms with E-state index in [9.17, 15) is 0 Å². The van der Waals surface area contributed by atoms with Crippen LogP contribution in [0.1, 0.15) is 19.3 Å². The Labute approximate surface area is 74.0 Å². The van der Waals surface area contributed by atoms with Crippen LogP contribution in [0.25, 0.3) is 0 Å². The van der Waals surface area contributed by atoms with Crippen molar-refractivity contribution >= 4 is 5.96 Å². The van der Waals surface area contributed by atoms with Crippen LogP contribution in [-0.2, 0) is 0 Å². The Morgan fingerprint density at radius 2 is 2.42 bits per heavy atom. The van der Waals surface area contributed by atoms with Crippen molar-refractivity contribution in [3.8, 4) is 0 Å². The second-order valence-corrected chi connectivity index (χ2v) is 3.01. The van der Waals surface area contributed by atoms with E-state index in [-0.39, 0.29) is 0 Å². The average Bonchev–Trinajstić information content (AvgIpc) is 2.02. The van der Waals surface area contributed by atoms with Crippen molar-refractivity contribution in [1.82, 2.24) is 10.6 Å². The molecule has 12 heavy (non-hydrogen) atoms. The monoisotopic (exact) mass is 167 g/mol. The fourth-order valence-corrected chi connectivity index (χ4v) is 1.11. The molecule has 68 valence electrons. The summed E-state index contributed by atoms with van der Waals surface area (Å²) in [5.74, 6) is 0.889. The largest absolute Gasteiger partial charge is 0.354 e. The molecule has 3 nitrogen and oxygen atoms in total. The van der Waals surface area contributed by atoms with Gasteiger partial charge in [0.1, 0.15) is 0 Å². The summed E-state index contributed by atoms with van der Waals surface area (Å²) < 4.78 is 0. The van der Waals surface area contributed by atoms with E-state index in [0.29, 0.717) is 6.04 Å². The first kappa shape index (κ1) is 9.10. The Balaban J connectivity index is 2.20. The van der Waals surface area contributed by atoms with Crippen LogP contribution in [0.3, 0.4) is 0 Å². The highest BCUT2D eigenvalue weighted by Crippen LogP contribution is 2.17. The molecule has 0 aromatic carbocycles. The maximum atomic E-state index is 4.09. The highest BCUT2D eigenvalue weighted by Gasteiger charge is 2.17. The first-order valence-electron chi connectivity index (χ1n) is 4.45. The summed E-state index contributed by atoms with van der Waals surface area (Å²) in [5.41, 5.74) is 0. The molecule has 0 radical (unpaired) electrons. The fraction of sp³-hybridized carbons (Fsp3) is 0.667. The Hall–Kier alpha value is -0.990. The minimum Gasteiger partial charge on any atom is -0.354 e. The van der Waals surface area contributed by atoms with Crippen molar-refractivity contribution in [2.75, 3.05) is 13.6 Å². The Bertz CT molecular complexity index is 171. The van der Waals surface area contributed by atoms with Gasteiger partial charge in [-0.2, -0.15) is 0 Å². The topological polar surface area (TPSA) is 36.4 Å². The standard InChI is InChI=1S/C9H17N3/c1-3-7-11-9(10-2)12-8-5-4-6-8/h3,8H,1,4-7H2,2H3,(H2,10,11,12). The van der Waals surface area contributed by atoms with Gasteiger partial charge in [-0.3, -0.25) is 4.99 Å². The van der Waals surface area contributed by atoms with E-state index in [1.807, 2.05) is 6.08 Å². The number of rotatable bonds is 3. The van der Waals surface area contributed by atoms with Crippen molar-refractivity contribution < 1.29 is 0 Å². The van der Waals surface area contributed by atoms with E-state index >= 15 is 0 Å². The summed E-state index contributed by atoms with van der Waals surface area (Å²) in [6.07, 6.45) is 5.72. The molecular formula is C9H17N3. The van der Waals surface area contributed by atoms with Crippen LogP contribution in [0, 0.1) is 0 Å². The van der Waals surface area contributed by atoms with Crippen molar-refractivity contribution in [1.29, 1.82) is 0 Å². The van der Waals surface area contributed by atoms with E-state index in [4.69, 9.17) is 0 Å². The fourth-order valence-electron chi connectivity index (χ4n) is 1.11. The molecule has 0 heterocycles. The third-order valence-corrected chi connectivity index (χ3v) is 2.08. The van der Waals surface area contributed by atoms with E-state index in [2.05, 4.69) is 22.2 Å². The smallest absolute Gasteiger partial charge is 0.191 e. The van der Waals surface area contributed by atoms with E-state index in [1.54, 1.807) is 7.05 Å². The molecule has 0 unspecified atom stereocenters. The number of nitrogens with zero attached hydrogens (tertiary/aromatic N) is 1. The van der Waals surface area contributed by atoms with E-state index in [1.165, 1.54) is 19.3 Å². The quantitative estimate of drug-likeness (QED) is 0.372. The zero-order chi connectivity index (χ0) is 8.81. The van der Waals surface area contributed by atoms with Crippen LogP contribution in [0.2, 0.25) is 0 Å². The van der Waals surface area contributed by atoms with Gasteiger partial charge in [0.2, 0.25) is 0 Å². The van der Waals surface area contributed by atoms with Gasteiger partial charge in [0.05, 0.1) is 0 Å². The van der Waals surface area contributed by atoms with Crippen LogP contribution in [0.5, 0.6) is 0 Å². The number of hydrogen-bond acceptors (Lipinski definition) is 1. The molecule has 0 bridgehead atoms. The van der Waals surface area contributed by atoms with Gasteiger partial charge in [-0.05, 0) is 19.3 Å². The molecule has 0 atom stereocenters. The maximum Gasteiger partial charge on any atom is 0.191 e. The van der Waals surface area contributed by atoms with Crippen LogP contribution >= 0.6 is 0 Å². The molecular weight excluding hydrogens is 150 g/mol. The Morgan fingerprint density at radius 1 is 1.67 bits per heavy atom. The Kier molecular flexibility index (Phi) is 3.64. The Morgan fingerprint density at radius 3 is 2.83 bits per heavy atom. The first-order valence-corrected chi connectivity index (χ1v) is 4.45. The predicted octanol–water partition coefficient (Wildman–Crippen LogP) is 0.890. The van der Waals surface area contributed by atoms with Crippen LogP contribution in [-0.4, -0.2) is 25.6 Å². The molecule has 1 fully saturated rings. The summed E-state index contributed by atoms with van der Waals surface area (Å²) >= 11 is 0. The number of aliphatic imine (C=N–C) groups is 1. The molecule has 2 N–H and O–H groups in total. The molecule has 1 aliphatic carbocycles. The molecule has 1 aliphatic rings. The lowest BCUT2D eigenvalue weighted by Crippen LogP contribution is -2.46. The molecule has 1 saturated carbocycles. The molecule has 3 heteroatoms. The van der Waals surface area contributed by atoms with Gasteiger partial charge in [-0.1, -0.05) is 6.08 Å². The van der Waals surface area contributed by atoms with Gasteiger partial charge in [0.25, 0.3) is 0 Å². The third-order valence-electron chi connectivity index (χ3n) is 2.08. The SMILES string of the molecule is C=CCNC(=NC)NC1CCC1. The first-order chi connectivity index (χ1) is 5.86. The average molecular weight is 167 g/mol. The zero-order valence-electron chi connectivity index (χ0n) is 7.64. The van der Waals surface area contributed by atoms with Gasteiger partial charge >= 0.3 is 0 Å². The third kappa shape index (κ3) is 2.57. The summed E-state index contributed by atoms with van der Waals surface area (Å²) in [6.45, 7) is 4.41. The molecule has 0 spiro atoms. The summed E-state index contributed by atoms with van der Waals surface area (Å²) in [5, 5.41) is 6.47. The lowest BCUT2D eigenvalue weighted by Gasteiger charge is -2.28. The molecule has 0 aromatic heterocycles. The van der Waals surface area contributed by atoms with Gasteiger partial charge in [-0.25, -0.2) is 0 Å². The minimum absolute atomic E-state index is 0.640. The van der Waals surface area contributed by atoms with Crippen LogP contribution < -0.4 is 10.6 Å². The second kappa shape index (κ2) is 4.80. The number of guanidine groups is 1. The maximum absolute atomic E-state index is 4.09. The van der Waals surface area contributed by atoms with Crippen molar-refractivity contribution in [3.63, 3.8) is 0 Å². The molecule has 0 aliphatic heterocycles. The molecule has 0 saturated heterocycles. The van der Waals surface area contributed by atoms with Crippen molar-refractivity contribution in [2.24, 2.45) is 4.99 Å². The minimum atomic E-state index is 0.640. The van der Waals surface area contributed by atoms with Crippen LogP contribution in [0.4, 0.5) is 0 Å². The summed E-state index contributed by atoms with van der Waals surface area (Å²) in [4.78, 5) is 4.09. The highest BCUT2D eigenvalue weighted by atomic mass is 15.2. The highest BCUT2D eigenvalue weighted by molar-refractivity contribution is 5.80. The van der Waals surface area contributed by atoms with Gasteiger partial charge in [0, 0.05) is 19.6 Å². The van der Waals surface area contributed by atoms with Gasteiger partial charge < -0.3 is 10.6 Å². The van der Waals surface area contributed by atoms with Crippen molar-refractivity contribution in [2.45, 2.75) is 25.3 Å². The number of nitrogens with one attached hydrogen (secondary N) is 2. The van der Waals surface area contributed by atoms with Crippen molar-refractivity contribution in [3.05, 3.63) is 12.7 Å². The molecule has 0 amide bonds. The van der Waals surface area contributed by atoms with E-state index in [0.717, 1.165) is 12.5 Å². The molecule has 0 aromatic rings. The van der Waals surface area contributed by atoms with E-state index < -0.39 is 0 Å². The summed E-state index contributed by atoms with van der Waals surface area (Å²) in [6, 6.07) is 0.640. The van der Waals surface area contributed by atoms with Crippen LogP contribution in [0.15, 0.2) is 17.6 Å². The zero-order valence-corrected chi connectivity index (χ0v) is 7.64. The second-order valence-electron chi connectivity index (χ2n) is 3.01. The molecule has 1 rings (SSSR count). The lowest BCUT2D eigenvalue weighted by molar-refractivity contribution is 0.380. The number of hydrogen-bond donors (Lipinski definition) is 2. The summed E-state index contributed by atoms with van der Waals surface area (Å²) in [7, 11) is 1.79. The predicted molar refractivity (Wildman–Crippen MR) is 52.3 cm³/mol. The van der Waals surface area contributed by atoms with Gasteiger partial charge in [-0.15, -0.1) is 6.58 Å².